The molecule has 0 bridgehead atoms. The molecule has 0 fully saturated rings. The molecule has 0 radical (unpaired) electrons. The molecule has 2 aliphatic carbocycles. The SMILES string of the molecule is CC(C)(C)C(=O)[O][Ti]([O]C(=O)C(C)(C)C)([CH]1C=Cc2ccccc21)[CH]1C=Cc2ccccc21. The van der Waals surface area contributed by atoms with E-state index in [1.165, 1.54) is 0 Å². The Morgan fingerprint density at radius 3 is 1.39 bits per heavy atom. The Morgan fingerprint density at radius 2 is 1.03 bits per heavy atom. The van der Waals surface area contributed by atoms with Gasteiger partial charge in [0.05, 0.1) is 0 Å². The van der Waals surface area contributed by atoms with Crippen LogP contribution in [0.5, 0.6) is 0 Å². The number of benzene rings is 2. The third-order valence-electron chi connectivity index (χ3n) is 6.19. The standard InChI is InChI=1S/2C9H7.2C5H10O2.Ti/c2*1-2-5-9-7-3-6-8(9)4-1;2*1-5(2,3)4(6)7;/h2*1-7H;2*1-3H3,(H,6,7);/q;;;;+2/p-2. The van der Waals surface area contributed by atoms with Gasteiger partial charge in [0.1, 0.15) is 0 Å². The van der Waals surface area contributed by atoms with Crippen molar-refractivity contribution < 1.29 is 33.6 Å². The topological polar surface area (TPSA) is 52.6 Å². The summed E-state index contributed by atoms with van der Waals surface area (Å²) in [6.07, 6.45) is 8.26. The van der Waals surface area contributed by atoms with E-state index in [-0.39, 0.29) is 20.4 Å². The molecule has 33 heavy (non-hydrogen) atoms. The minimum absolute atomic E-state index is 0.264. The quantitative estimate of drug-likeness (QED) is 0.458. The van der Waals surface area contributed by atoms with Crippen LogP contribution in [0, 0.1) is 10.8 Å². The molecule has 2 atom stereocenters. The monoisotopic (exact) mass is 480 g/mol. The van der Waals surface area contributed by atoms with E-state index in [2.05, 4.69) is 48.6 Å². The van der Waals surface area contributed by atoms with Gasteiger partial charge in [-0.3, -0.25) is 0 Å². The van der Waals surface area contributed by atoms with E-state index in [0.29, 0.717) is 0 Å². The van der Waals surface area contributed by atoms with E-state index in [1.54, 1.807) is 0 Å². The molecule has 2 unspecified atom stereocenters. The minimum atomic E-state index is -4.38. The summed E-state index contributed by atoms with van der Waals surface area (Å²) in [5, 5.41) is 0. The Bertz CT molecular complexity index is 1060. The van der Waals surface area contributed by atoms with Crippen LogP contribution in [0.15, 0.2) is 60.7 Å². The molecule has 0 N–H and O–H groups in total. The molecule has 0 heterocycles. The Kier molecular flexibility index (Phi) is 6.05. The molecule has 0 amide bonds. The fraction of sp³-hybridized carbons (Fsp3) is 0.357. The van der Waals surface area contributed by atoms with E-state index in [0.717, 1.165) is 22.3 Å². The molecular formula is C28H32O4Ti. The number of hydrogen-bond donors (Lipinski definition) is 0. The van der Waals surface area contributed by atoms with E-state index >= 15 is 0 Å². The summed E-state index contributed by atoms with van der Waals surface area (Å²) in [7, 11) is 0. The number of hydrogen-bond acceptors (Lipinski definition) is 4. The third-order valence-corrected chi connectivity index (χ3v) is 12.1. The van der Waals surface area contributed by atoms with Gasteiger partial charge in [-0.05, 0) is 0 Å². The van der Waals surface area contributed by atoms with Crippen LogP contribution >= 0.6 is 0 Å². The van der Waals surface area contributed by atoms with Gasteiger partial charge in [0.2, 0.25) is 0 Å². The molecule has 0 spiro atoms. The molecule has 0 aromatic heterocycles. The van der Waals surface area contributed by atoms with Gasteiger partial charge in [0.25, 0.3) is 0 Å². The molecule has 2 aromatic carbocycles. The Labute approximate surface area is 201 Å². The molecule has 0 saturated heterocycles. The summed E-state index contributed by atoms with van der Waals surface area (Å²) in [4.78, 5) is 26.9. The first-order valence-electron chi connectivity index (χ1n) is 11.4. The average molecular weight is 480 g/mol. The molecule has 0 saturated carbocycles. The van der Waals surface area contributed by atoms with Crippen LogP contribution in [0.25, 0.3) is 12.2 Å². The van der Waals surface area contributed by atoms with Crippen LogP contribution in [0.1, 0.15) is 72.2 Å². The van der Waals surface area contributed by atoms with Crippen LogP contribution in [-0.4, -0.2) is 11.9 Å². The van der Waals surface area contributed by atoms with E-state index in [4.69, 9.17) is 6.64 Å². The third kappa shape index (κ3) is 4.39. The van der Waals surface area contributed by atoms with Crippen LogP contribution in [-0.2, 0) is 33.6 Å². The molecule has 4 nitrogen and oxygen atoms in total. The Balaban J connectivity index is 1.94. The molecule has 2 aromatic rings. The maximum atomic E-state index is 13.4. The van der Waals surface area contributed by atoms with Crippen LogP contribution in [0.4, 0.5) is 0 Å². The predicted molar refractivity (Wildman–Crippen MR) is 128 cm³/mol. The van der Waals surface area contributed by atoms with Crippen molar-refractivity contribution in [2.75, 3.05) is 0 Å². The van der Waals surface area contributed by atoms with E-state index < -0.39 is 28.2 Å². The maximum absolute atomic E-state index is 13.4. The molecule has 172 valence electrons. The fourth-order valence-corrected chi connectivity index (χ4v) is 10.9. The number of fused-ring (bicyclic) bond motifs is 2. The van der Waals surface area contributed by atoms with E-state index in [9.17, 15) is 9.59 Å². The molecule has 5 heteroatoms. The predicted octanol–water partition coefficient (Wildman–Crippen LogP) is 6.69. The van der Waals surface area contributed by atoms with Crippen molar-refractivity contribution in [1.29, 1.82) is 0 Å². The Morgan fingerprint density at radius 1 is 0.667 bits per heavy atom. The van der Waals surface area contributed by atoms with Crippen molar-refractivity contribution in [3.05, 3.63) is 82.9 Å². The van der Waals surface area contributed by atoms with Crippen molar-refractivity contribution in [1.82, 2.24) is 0 Å². The first kappa shape index (κ1) is 23.7. The van der Waals surface area contributed by atoms with Gasteiger partial charge in [-0.15, -0.1) is 0 Å². The zero-order valence-electron chi connectivity index (χ0n) is 20.2. The van der Waals surface area contributed by atoms with E-state index in [1.807, 2.05) is 65.8 Å². The second-order valence-corrected chi connectivity index (χ2v) is 15.8. The van der Waals surface area contributed by atoms with Gasteiger partial charge in [-0.1, -0.05) is 0 Å². The van der Waals surface area contributed by atoms with Crippen molar-refractivity contribution in [3.8, 4) is 0 Å². The number of allylic oxidation sites excluding steroid dienone is 2. The average Bonchev–Trinajstić information content (AvgIpc) is 3.37. The molecule has 4 rings (SSSR count). The summed E-state index contributed by atoms with van der Waals surface area (Å²) < 4.78 is 12.6. The normalized spacial score (nSPS) is 19.2. The second-order valence-electron chi connectivity index (χ2n) is 10.9. The summed E-state index contributed by atoms with van der Waals surface area (Å²) in [5.41, 5.74) is 2.80. The van der Waals surface area contributed by atoms with Crippen molar-refractivity contribution in [2.45, 2.75) is 50.0 Å². The Hall–Kier alpha value is -2.43. The summed E-state index contributed by atoms with van der Waals surface area (Å²) in [5.74, 6) is -0.667. The fourth-order valence-electron chi connectivity index (χ4n) is 4.26. The van der Waals surface area contributed by atoms with Crippen molar-refractivity contribution in [3.63, 3.8) is 0 Å². The first-order chi connectivity index (χ1) is 15.4. The van der Waals surface area contributed by atoms with Gasteiger partial charge in [0, 0.05) is 0 Å². The first-order valence-corrected chi connectivity index (χ1v) is 14.5. The summed E-state index contributed by atoms with van der Waals surface area (Å²) >= 11 is -4.38. The molecule has 0 aliphatic heterocycles. The van der Waals surface area contributed by atoms with Crippen molar-refractivity contribution >= 4 is 24.1 Å². The molecule has 2 aliphatic rings. The summed E-state index contributed by atoms with van der Waals surface area (Å²) in [6, 6.07) is 16.2. The van der Waals surface area contributed by atoms with Crippen LogP contribution in [0.2, 0.25) is 0 Å². The van der Waals surface area contributed by atoms with Crippen molar-refractivity contribution in [2.24, 2.45) is 10.8 Å². The summed E-state index contributed by atoms with van der Waals surface area (Å²) in [6.45, 7) is 11.0. The van der Waals surface area contributed by atoms with Crippen LogP contribution in [0.3, 0.4) is 0 Å². The van der Waals surface area contributed by atoms with Gasteiger partial charge in [0.15, 0.2) is 0 Å². The zero-order valence-corrected chi connectivity index (χ0v) is 21.8. The number of carbonyl (C=O) groups is 2. The zero-order chi connectivity index (χ0) is 24.0. The van der Waals surface area contributed by atoms with Gasteiger partial charge < -0.3 is 0 Å². The number of rotatable bonds is 4. The molecular weight excluding hydrogens is 448 g/mol. The van der Waals surface area contributed by atoms with Gasteiger partial charge >= 0.3 is 201 Å². The van der Waals surface area contributed by atoms with Gasteiger partial charge in [-0.25, -0.2) is 0 Å². The van der Waals surface area contributed by atoms with Gasteiger partial charge in [-0.2, -0.15) is 0 Å². The van der Waals surface area contributed by atoms with Crippen LogP contribution < -0.4 is 0 Å². The number of carbonyl (C=O) groups excluding carboxylic acids is 2. The second kappa shape index (κ2) is 8.41.